The lowest BCUT2D eigenvalue weighted by atomic mass is 9.87. The van der Waals surface area contributed by atoms with Crippen molar-refractivity contribution in [1.82, 2.24) is 14.9 Å². The molecule has 6 heteroatoms. The SMILES string of the molecule is CCc1cccc(CC)c1-c1nc(C)c(CN(C)[C@H]2CCCc3ccccc32)c(N2CCC[C@H]2C(=O)O)n1. The number of aliphatic carboxylic acids is 1. The minimum Gasteiger partial charge on any atom is -0.480 e. The number of carbonyl (C=O) groups is 1. The van der Waals surface area contributed by atoms with Gasteiger partial charge >= 0.3 is 5.97 Å². The second-order valence-electron chi connectivity index (χ2n) is 10.8. The summed E-state index contributed by atoms with van der Waals surface area (Å²) in [5, 5.41) is 10.1. The quantitative estimate of drug-likeness (QED) is 0.391. The standard InChI is InChI=1S/C32H40N4O2/c1-5-22-13-9-14-23(6-2)29(22)30-33-21(3)26(31(34-30)36-19-11-18-28(36)32(37)38)20-35(4)27-17-10-15-24-12-7-8-16-25(24)27/h7-9,12-14,16,27-28H,5-6,10-11,15,17-20H2,1-4H3,(H,37,38)/t27-,28-/m0/s1. The number of nitrogens with zero attached hydrogens (tertiary/aromatic N) is 4. The number of hydrogen-bond donors (Lipinski definition) is 1. The van der Waals surface area contributed by atoms with Crippen molar-refractivity contribution < 1.29 is 9.90 Å². The van der Waals surface area contributed by atoms with Crippen LogP contribution in [0.5, 0.6) is 0 Å². The lowest BCUT2D eigenvalue weighted by Crippen LogP contribution is -2.38. The zero-order valence-electron chi connectivity index (χ0n) is 23.2. The van der Waals surface area contributed by atoms with Crippen molar-refractivity contribution in [3.8, 4) is 11.4 Å². The summed E-state index contributed by atoms with van der Waals surface area (Å²) in [5.74, 6) is 0.739. The first-order chi connectivity index (χ1) is 18.4. The summed E-state index contributed by atoms with van der Waals surface area (Å²) in [6, 6.07) is 15.0. The molecule has 0 amide bonds. The van der Waals surface area contributed by atoms with Gasteiger partial charge in [-0.3, -0.25) is 4.90 Å². The van der Waals surface area contributed by atoms with E-state index in [1.165, 1.54) is 28.7 Å². The van der Waals surface area contributed by atoms with Crippen molar-refractivity contribution >= 4 is 11.8 Å². The van der Waals surface area contributed by atoms with E-state index >= 15 is 0 Å². The third-order valence-corrected chi connectivity index (χ3v) is 8.50. The normalized spacial score (nSPS) is 19.1. The number of carboxylic acid groups (broad SMARTS) is 1. The van der Waals surface area contributed by atoms with E-state index in [9.17, 15) is 9.90 Å². The molecule has 5 rings (SSSR count). The van der Waals surface area contributed by atoms with Crippen LogP contribution in [0.4, 0.5) is 5.82 Å². The molecule has 0 bridgehead atoms. The van der Waals surface area contributed by atoms with Crippen molar-refractivity contribution in [2.45, 2.75) is 84.3 Å². The van der Waals surface area contributed by atoms with E-state index in [0.717, 1.165) is 60.6 Å². The molecule has 1 aliphatic heterocycles. The number of aromatic nitrogens is 2. The Hall–Kier alpha value is -3.25. The van der Waals surface area contributed by atoms with E-state index in [-0.39, 0.29) is 0 Å². The molecule has 2 atom stereocenters. The fourth-order valence-electron chi connectivity index (χ4n) is 6.47. The number of fused-ring (bicyclic) bond motifs is 1. The van der Waals surface area contributed by atoms with Crippen LogP contribution in [0.1, 0.15) is 79.1 Å². The number of aryl methyl sites for hydroxylation is 4. The average Bonchev–Trinajstić information content (AvgIpc) is 3.43. The largest absolute Gasteiger partial charge is 0.480 e. The van der Waals surface area contributed by atoms with Crippen molar-refractivity contribution in [3.05, 3.63) is 76.0 Å². The highest BCUT2D eigenvalue weighted by Gasteiger charge is 2.35. The molecule has 1 N–H and O–H groups in total. The molecular formula is C32H40N4O2. The molecule has 1 fully saturated rings. The molecule has 0 radical (unpaired) electrons. The third kappa shape index (κ3) is 4.94. The number of hydrogen-bond acceptors (Lipinski definition) is 5. The van der Waals surface area contributed by atoms with Gasteiger partial charge in [-0.25, -0.2) is 14.8 Å². The van der Waals surface area contributed by atoms with E-state index in [1.807, 2.05) is 4.90 Å². The minimum absolute atomic E-state index is 0.327. The van der Waals surface area contributed by atoms with E-state index in [2.05, 4.69) is 75.2 Å². The van der Waals surface area contributed by atoms with Crippen molar-refractivity contribution in [2.75, 3.05) is 18.5 Å². The van der Waals surface area contributed by atoms with Crippen molar-refractivity contribution in [1.29, 1.82) is 0 Å². The van der Waals surface area contributed by atoms with Gasteiger partial charge in [0.2, 0.25) is 0 Å². The lowest BCUT2D eigenvalue weighted by Gasteiger charge is -2.35. The van der Waals surface area contributed by atoms with Crippen LogP contribution in [0, 0.1) is 6.92 Å². The first-order valence-corrected chi connectivity index (χ1v) is 14.2. The van der Waals surface area contributed by atoms with Gasteiger partial charge in [0.1, 0.15) is 11.9 Å². The summed E-state index contributed by atoms with van der Waals surface area (Å²) in [6.07, 6.45) is 6.71. The minimum atomic E-state index is -0.774. The maximum atomic E-state index is 12.2. The molecule has 38 heavy (non-hydrogen) atoms. The van der Waals surface area contributed by atoms with E-state index < -0.39 is 12.0 Å². The molecule has 6 nitrogen and oxygen atoms in total. The molecule has 2 heterocycles. The van der Waals surface area contributed by atoms with Crippen LogP contribution in [0.25, 0.3) is 11.4 Å². The van der Waals surface area contributed by atoms with Gasteiger partial charge in [0.05, 0.1) is 0 Å². The highest BCUT2D eigenvalue weighted by molar-refractivity contribution is 5.79. The number of benzene rings is 2. The fourth-order valence-corrected chi connectivity index (χ4v) is 6.47. The van der Waals surface area contributed by atoms with Gasteiger partial charge in [-0.2, -0.15) is 0 Å². The van der Waals surface area contributed by atoms with Crippen LogP contribution in [0.15, 0.2) is 42.5 Å². The molecular weight excluding hydrogens is 472 g/mol. The van der Waals surface area contributed by atoms with Crippen LogP contribution in [-0.4, -0.2) is 45.6 Å². The second-order valence-corrected chi connectivity index (χ2v) is 10.8. The topological polar surface area (TPSA) is 69.6 Å². The average molecular weight is 513 g/mol. The number of carboxylic acids is 1. The second kappa shape index (κ2) is 11.2. The molecule has 0 spiro atoms. The molecule has 200 valence electrons. The van der Waals surface area contributed by atoms with Crippen LogP contribution in [0.3, 0.4) is 0 Å². The van der Waals surface area contributed by atoms with Gasteiger partial charge in [-0.1, -0.05) is 56.3 Å². The third-order valence-electron chi connectivity index (χ3n) is 8.50. The molecule has 1 aliphatic carbocycles. The summed E-state index contributed by atoms with van der Waals surface area (Å²) >= 11 is 0. The molecule has 2 aliphatic rings. The molecule has 0 unspecified atom stereocenters. The van der Waals surface area contributed by atoms with Gasteiger partial charge in [0.25, 0.3) is 0 Å². The van der Waals surface area contributed by atoms with E-state index in [0.29, 0.717) is 25.6 Å². The smallest absolute Gasteiger partial charge is 0.326 e. The van der Waals surface area contributed by atoms with Crippen molar-refractivity contribution in [3.63, 3.8) is 0 Å². The Labute approximate surface area is 226 Å². The summed E-state index contributed by atoms with van der Waals surface area (Å²) in [6.45, 7) is 7.78. The molecule has 2 aromatic carbocycles. The van der Waals surface area contributed by atoms with Crippen LogP contribution in [-0.2, 0) is 30.6 Å². The van der Waals surface area contributed by atoms with Gasteiger partial charge < -0.3 is 10.0 Å². The number of anilines is 1. The molecule has 1 saturated heterocycles. The summed E-state index contributed by atoms with van der Waals surface area (Å²) in [4.78, 5) is 27.0. The lowest BCUT2D eigenvalue weighted by molar-refractivity contribution is -0.138. The first kappa shape index (κ1) is 26.4. The Kier molecular flexibility index (Phi) is 7.80. The Bertz CT molecular complexity index is 1300. The van der Waals surface area contributed by atoms with E-state index in [1.54, 1.807) is 0 Å². The Morgan fingerprint density at radius 1 is 1.03 bits per heavy atom. The Morgan fingerprint density at radius 2 is 1.76 bits per heavy atom. The van der Waals surface area contributed by atoms with Gasteiger partial charge in [-0.05, 0) is 81.2 Å². The Balaban J connectivity index is 1.61. The summed E-state index contributed by atoms with van der Waals surface area (Å²) in [5.41, 5.74) is 8.39. The van der Waals surface area contributed by atoms with Gasteiger partial charge in [0.15, 0.2) is 5.82 Å². The highest BCUT2D eigenvalue weighted by atomic mass is 16.4. The number of rotatable bonds is 8. The first-order valence-electron chi connectivity index (χ1n) is 14.2. The zero-order valence-corrected chi connectivity index (χ0v) is 23.2. The van der Waals surface area contributed by atoms with Crippen LogP contribution < -0.4 is 4.90 Å². The maximum absolute atomic E-state index is 12.2. The summed E-state index contributed by atoms with van der Waals surface area (Å²) < 4.78 is 0. The highest BCUT2D eigenvalue weighted by Crippen LogP contribution is 2.38. The Morgan fingerprint density at radius 3 is 2.47 bits per heavy atom. The zero-order chi connectivity index (χ0) is 26.8. The van der Waals surface area contributed by atoms with Crippen molar-refractivity contribution in [2.24, 2.45) is 0 Å². The van der Waals surface area contributed by atoms with Crippen LogP contribution >= 0.6 is 0 Å². The maximum Gasteiger partial charge on any atom is 0.326 e. The molecule has 1 aromatic heterocycles. The fraction of sp³-hybridized carbons (Fsp3) is 0.469. The summed E-state index contributed by atoms with van der Waals surface area (Å²) in [7, 11) is 2.18. The van der Waals surface area contributed by atoms with Crippen LogP contribution in [0.2, 0.25) is 0 Å². The van der Waals surface area contributed by atoms with Gasteiger partial charge in [-0.15, -0.1) is 0 Å². The van der Waals surface area contributed by atoms with Gasteiger partial charge in [0, 0.05) is 36.0 Å². The van der Waals surface area contributed by atoms with E-state index in [4.69, 9.17) is 9.97 Å². The molecule has 3 aromatic rings. The predicted octanol–water partition coefficient (Wildman–Crippen LogP) is 6.14. The predicted molar refractivity (Wildman–Crippen MR) is 153 cm³/mol. The molecule has 0 saturated carbocycles. The monoisotopic (exact) mass is 512 g/mol.